The van der Waals surface area contributed by atoms with Crippen molar-refractivity contribution >= 4 is 17.6 Å². The number of ether oxygens (including phenoxy) is 2. The first kappa shape index (κ1) is 23.2. The van der Waals surface area contributed by atoms with Crippen LogP contribution in [0, 0.1) is 11.8 Å². The third kappa shape index (κ3) is 5.84. The van der Waals surface area contributed by atoms with Crippen LogP contribution in [0.15, 0.2) is 12.1 Å². The van der Waals surface area contributed by atoms with Crippen molar-refractivity contribution in [2.24, 2.45) is 11.8 Å². The zero-order valence-corrected chi connectivity index (χ0v) is 18.4. The number of carbonyl (C=O) groups is 2. The number of anilines is 1. The number of methoxy groups -OCH3 is 1. The van der Waals surface area contributed by atoms with Gasteiger partial charge in [0.1, 0.15) is 24.1 Å². The second kappa shape index (κ2) is 10.3. The van der Waals surface area contributed by atoms with Crippen LogP contribution in [0.5, 0.6) is 5.88 Å². The lowest BCUT2D eigenvalue weighted by Crippen LogP contribution is -2.52. The van der Waals surface area contributed by atoms with Crippen molar-refractivity contribution in [2.75, 3.05) is 44.9 Å². The van der Waals surface area contributed by atoms with Gasteiger partial charge in [0.05, 0.1) is 19.3 Å². The molecule has 1 aromatic rings. The van der Waals surface area contributed by atoms with E-state index in [1.54, 1.807) is 19.2 Å². The van der Waals surface area contributed by atoms with E-state index in [2.05, 4.69) is 9.88 Å². The van der Waals surface area contributed by atoms with Gasteiger partial charge in [-0.3, -0.25) is 4.79 Å². The maximum Gasteiger partial charge on any atom is 0.326 e. The van der Waals surface area contributed by atoms with E-state index in [9.17, 15) is 19.1 Å². The molecule has 172 valence electrons. The van der Waals surface area contributed by atoms with Gasteiger partial charge in [0.25, 0.3) is 5.91 Å². The lowest BCUT2D eigenvalue weighted by atomic mass is 10.0. The number of aromatic nitrogens is 1. The zero-order chi connectivity index (χ0) is 22.5. The Hall–Kier alpha value is -2.42. The van der Waals surface area contributed by atoms with E-state index in [1.807, 2.05) is 13.8 Å². The Bertz CT molecular complexity index is 780. The van der Waals surface area contributed by atoms with Crippen LogP contribution < -0.4 is 9.64 Å². The minimum Gasteiger partial charge on any atom is -0.480 e. The molecule has 3 rings (SSSR count). The van der Waals surface area contributed by atoms with Crippen molar-refractivity contribution in [2.45, 2.75) is 45.3 Å². The molecule has 0 spiro atoms. The molecule has 1 amide bonds. The van der Waals surface area contributed by atoms with Crippen LogP contribution in [0.4, 0.5) is 10.1 Å². The number of hydrogen-bond acceptors (Lipinski definition) is 6. The first-order valence-electron chi connectivity index (χ1n) is 10.8. The molecule has 9 heteroatoms. The summed E-state index contributed by atoms with van der Waals surface area (Å²) in [5.41, 5.74) is 0.835. The van der Waals surface area contributed by atoms with Crippen molar-refractivity contribution in [1.29, 1.82) is 0 Å². The molecule has 31 heavy (non-hydrogen) atoms. The first-order chi connectivity index (χ1) is 14.8. The van der Waals surface area contributed by atoms with Gasteiger partial charge in [0.15, 0.2) is 0 Å². The standard InChI is InChI=1S/C22H32FN3O5/c1-14(2)10-19(22(28)29)26(9-8-23)21(27)17-6-7-18(25-11-16(12-25)30-3)20(24-17)31-13-15-4-5-15/h6-7,14-16,19H,4-5,8-13H2,1-3H3,(H,28,29). The van der Waals surface area contributed by atoms with E-state index in [0.717, 1.165) is 23.4 Å². The lowest BCUT2D eigenvalue weighted by molar-refractivity contribution is -0.143. The summed E-state index contributed by atoms with van der Waals surface area (Å²) in [6.45, 7) is 4.53. The van der Waals surface area contributed by atoms with Gasteiger partial charge < -0.3 is 24.4 Å². The van der Waals surface area contributed by atoms with Gasteiger partial charge in [-0.05, 0) is 43.2 Å². The molecule has 1 saturated carbocycles. The smallest absolute Gasteiger partial charge is 0.326 e. The topological polar surface area (TPSA) is 92.2 Å². The summed E-state index contributed by atoms with van der Waals surface area (Å²) in [6, 6.07) is 2.21. The summed E-state index contributed by atoms with van der Waals surface area (Å²) >= 11 is 0. The normalized spacial score (nSPS) is 17.4. The van der Waals surface area contributed by atoms with Crippen LogP contribution in [-0.4, -0.2) is 79.0 Å². The Morgan fingerprint density at radius 1 is 1.32 bits per heavy atom. The fraction of sp³-hybridized carbons (Fsp3) is 0.682. The van der Waals surface area contributed by atoms with Gasteiger partial charge in [-0.15, -0.1) is 0 Å². The van der Waals surface area contributed by atoms with Crippen molar-refractivity contribution in [3.05, 3.63) is 17.8 Å². The Morgan fingerprint density at radius 2 is 2.03 bits per heavy atom. The van der Waals surface area contributed by atoms with Gasteiger partial charge in [-0.1, -0.05) is 13.8 Å². The minimum absolute atomic E-state index is 0.0314. The Labute approximate surface area is 182 Å². The minimum atomic E-state index is -1.15. The average molecular weight is 438 g/mol. The lowest BCUT2D eigenvalue weighted by Gasteiger charge is -2.40. The molecule has 0 bridgehead atoms. The van der Waals surface area contributed by atoms with Crippen LogP contribution in [0.2, 0.25) is 0 Å². The number of amides is 1. The highest BCUT2D eigenvalue weighted by Crippen LogP contribution is 2.34. The zero-order valence-electron chi connectivity index (χ0n) is 18.4. The summed E-state index contributed by atoms with van der Waals surface area (Å²) in [5, 5.41) is 9.65. The number of pyridine rings is 1. The molecule has 1 aliphatic heterocycles. The highest BCUT2D eigenvalue weighted by atomic mass is 19.1. The second-order valence-electron chi connectivity index (χ2n) is 8.71. The molecule has 1 unspecified atom stereocenters. The molecular formula is C22H32FN3O5. The molecule has 0 radical (unpaired) electrons. The molecule has 1 aliphatic carbocycles. The third-order valence-electron chi connectivity index (χ3n) is 5.68. The number of carbonyl (C=O) groups excluding carboxylic acids is 1. The SMILES string of the molecule is COC1CN(c2ccc(C(=O)N(CCF)C(CC(C)C)C(=O)O)nc2OCC2CC2)C1. The van der Waals surface area contributed by atoms with E-state index < -0.39 is 24.6 Å². The first-order valence-corrected chi connectivity index (χ1v) is 10.8. The molecule has 2 heterocycles. The van der Waals surface area contributed by atoms with Gasteiger partial charge >= 0.3 is 5.97 Å². The van der Waals surface area contributed by atoms with Crippen molar-refractivity contribution in [3.63, 3.8) is 0 Å². The fourth-order valence-corrected chi connectivity index (χ4v) is 3.61. The number of carboxylic acids is 1. The summed E-state index contributed by atoms with van der Waals surface area (Å²) in [7, 11) is 1.67. The highest BCUT2D eigenvalue weighted by molar-refractivity contribution is 5.95. The molecule has 1 atom stereocenters. The highest BCUT2D eigenvalue weighted by Gasteiger charge is 2.34. The number of alkyl halides is 1. The largest absolute Gasteiger partial charge is 0.480 e. The maximum atomic E-state index is 13.2. The van der Waals surface area contributed by atoms with Crippen LogP contribution in [-0.2, 0) is 9.53 Å². The quantitative estimate of drug-likeness (QED) is 0.537. The molecular weight excluding hydrogens is 405 g/mol. The van der Waals surface area contributed by atoms with Crippen LogP contribution >= 0.6 is 0 Å². The van der Waals surface area contributed by atoms with Crippen molar-refractivity contribution in [1.82, 2.24) is 9.88 Å². The van der Waals surface area contributed by atoms with E-state index in [-0.39, 0.29) is 30.7 Å². The van der Waals surface area contributed by atoms with Gasteiger partial charge in [0, 0.05) is 20.2 Å². The second-order valence-corrected chi connectivity index (χ2v) is 8.71. The summed E-state index contributed by atoms with van der Waals surface area (Å²) in [6.07, 6.45) is 2.60. The number of carboxylic acid groups (broad SMARTS) is 1. The molecule has 1 aromatic heterocycles. The Kier molecular flexibility index (Phi) is 7.69. The molecule has 2 fully saturated rings. The fourth-order valence-electron chi connectivity index (χ4n) is 3.61. The average Bonchev–Trinajstić information content (AvgIpc) is 3.52. The number of hydrogen-bond donors (Lipinski definition) is 1. The van der Waals surface area contributed by atoms with Crippen LogP contribution in [0.1, 0.15) is 43.6 Å². The third-order valence-corrected chi connectivity index (χ3v) is 5.68. The summed E-state index contributed by atoms with van der Waals surface area (Å²) < 4.78 is 24.5. The Balaban J connectivity index is 1.85. The number of halogens is 1. The molecule has 8 nitrogen and oxygen atoms in total. The Morgan fingerprint density at radius 3 is 2.58 bits per heavy atom. The number of aliphatic carboxylic acids is 1. The number of rotatable bonds is 12. The predicted octanol–water partition coefficient (Wildman–Crippen LogP) is 2.62. The molecule has 1 N–H and O–H groups in total. The molecule has 2 aliphatic rings. The van der Waals surface area contributed by atoms with Crippen LogP contribution in [0.25, 0.3) is 0 Å². The van der Waals surface area contributed by atoms with Crippen molar-refractivity contribution < 1.29 is 28.6 Å². The molecule has 0 aromatic carbocycles. The van der Waals surface area contributed by atoms with Gasteiger partial charge in [-0.2, -0.15) is 0 Å². The summed E-state index contributed by atoms with van der Waals surface area (Å²) in [4.78, 5) is 32.6. The van der Waals surface area contributed by atoms with Crippen molar-refractivity contribution in [3.8, 4) is 5.88 Å². The monoisotopic (exact) mass is 437 g/mol. The number of nitrogens with zero attached hydrogens (tertiary/aromatic N) is 3. The predicted molar refractivity (Wildman–Crippen MR) is 113 cm³/mol. The van der Waals surface area contributed by atoms with E-state index >= 15 is 0 Å². The molecule has 1 saturated heterocycles. The van der Waals surface area contributed by atoms with Crippen LogP contribution in [0.3, 0.4) is 0 Å². The maximum absolute atomic E-state index is 13.2. The van der Waals surface area contributed by atoms with E-state index in [1.165, 1.54) is 0 Å². The summed E-state index contributed by atoms with van der Waals surface area (Å²) in [5.74, 6) is -0.870. The van der Waals surface area contributed by atoms with Gasteiger partial charge in [-0.25, -0.2) is 14.2 Å². The van der Waals surface area contributed by atoms with E-state index in [0.29, 0.717) is 31.5 Å². The van der Waals surface area contributed by atoms with Gasteiger partial charge in [0.2, 0.25) is 5.88 Å². The van der Waals surface area contributed by atoms with E-state index in [4.69, 9.17) is 9.47 Å².